The number of halogens is 1. The lowest BCUT2D eigenvalue weighted by Crippen LogP contribution is -2.14. The molecule has 0 saturated carbocycles. The molecule has 1 N–H and O–H groups in total. The van der Waals surface area contributed by atoms with E-state index in [1.807, 2.05) is 51.1 Å². The molecule has 0 spiro atoms. The highest BCUT2D eigenvalue weighted by molar-refractivity contribution is 6.34. The van der Waals surface area contributed by atoms with Crippen LogP contribution in [0, 0.1) is 20.8 Å². The van der Waals surface area contributed by atoms with Gasteiger partial charge in [0, 0.05) is 5.69 Å². The van der Waals surface area contributed by atoms with Crippen LogP contribution in [0.25, 0.3) is 16.7 Å². The van der Waals surface area contributed by atoms with Crippen molar-refractivity contribution in [2.24, 2.45) is 0 Å². The highest BCUT2D eigenvalue weighted by Crippen LogP contribution is 2.28. The Morgan fingerprint density at radius 1 is 1.07 bits per heavy atom. The fourth-order valence-corrected chi connectivity index (χ4v) is 3.84. The predicted molar refractivity (Wildman–Crippen MR) is 122 cm³/mol. The molecule has 152 valence electrons. The smallest absolute Gasteiger partial charge is 0.256 e. The normalized spacial score (nSPS) is 11.1. The summed E-state index contributed by atoms with van der Waals surface area (Å²) in [6, 6.07) is 15.6. The Balaban J connectivity index is 1.80. The number of aromatic nitrogens is 3. The van der Waals surface area contributed by atoms with Crippen molar-refractivity contribution in [1.29, 1.82) is 0 Å². The molecule has 0 aliphatic rings. The van der Waals surface area contributed by atoms with Gasteiger partial charge in [-0.25, -0.2) is 9.67 Å². The third-order valence-electron chi connectivity index (χ3n) is 5.15. The first-order valence-electron chi connectivity index (χ1n) is 9.91. The van der Waals surface area contributed by atoms with Crippen LogP contribution in [0.3, 0.4) is 0 Å². The zero-order chi connectivity index (χ0) is 21.4. The van der Waals surface area contributed by atoms with Crippen LogP contribution in [0.1, 0.15) is 39.8 Å². The standard InChI is InChI=1S/C24H23ClN4O/c1-5-17-7-9-18(10-8-17)29-23-22(16(4)28-29)19(13-15(3)26-23)24(30)27-21-11-6-14(2)12-20(21)25/h6-13H,5H2,1-4H3,(H,27,30). The van der Waals surface area contributed by atoms with Crippen molar-refractivity contribution in [2.75, 3.05) is 5.32 Å². The van der Waals surface area contributed by atoms with E-state index in [1.54, 1.807) is 10.7 Å². The molecular formula is C24H23ClN4O. The molecule has 4 rings (SSSR count). The highest BCUT2D eigenvalue weighted by Gasteiger charge is 2.20. The minimum atomic E-state index is -0.236. The minimum Gasteiger partial charge on any atom is -0.321 e. The molecule has 6 heteroatoms. The van der Waals surface area contributed by atoms with Crippen LogP contribution in [0.4, 0.5) is 5.69 Å². The van der Waals surface area contributed by atoms with Gasteiger partial charge in [-0.15, -0.1) is 0 Å². The van der Waals surface area contributed by atoms with E-state index in [1.165, 1.54) is 5.56 Å². The summed E-state index contributed by atoms with van der Waals surface area (Å²) < 4.78 is 1.80. The molecule has 2 aromatic heterocycles. The Morgan fingerprint density at radius 3 is 2.47 bits per heavy atom. The highest BCUT2D eigenvalue weighted by atomic mass is 35.5. The fraction of sp³-hybridized carbons (Fsp3) is 0.208. The van der Waals surface area contributed by atoms with Crippen molar-refractivity contribution in [2.45, 2.75) is 34.1 Å². The second-order valence-corrected chi connectivity index (χ2v) is 7.87. The summed E-state index contributed by atoms with van der Waals surface area (Å²) in [4.78, 5) is 17.9. The Bertz CT molecular complexity index is 1260. The number of amides is 1. The molecule has 2 heterocycles. The summed E-state index contributed by atoms with van der Waals surface area (Å²) in [5, 5.41) is 8.86. The zero-order valence-corrected chi connectivity index (χ0v) is 18.2. The number of carbonyl (C=O) groups is 1. The van der Waals surface area contributed by atoms with Crippen LogP contribution in [0.15, 0.2) is 48.5 Å². The second kappa shape index (κ2) is 7.92. The molecule has 0 aliphatic carbocycles. The lowest BCUT2D eigenvalue weighted by Gasteiger charge is -2.10. The summed E-state index contributed by atoms with van der Waals surface area (Å²) in [6.07, 6.45) is 0.975. The number of aryl methyl sites for hydroxylation is 4. The zero-order valence-electron chi connectivity index (χ0n) is 17.5. The van der Waals surface area contributed by atoms with E-state index >= 15 is 0 Å². The predicted octanol–water partition coefficient (Wildman–Crippen LogP) is 5.81. The van der Waals surface area contributed by atoms with Gasteiger partial charge >= 0.3 is 0 Å². The first-order chi connectivity index (χ1) is 14.4. The first kappa shape index (κ1) is 20.1. The van der Waals surface area contributed by atoms with E-state index in [2.05, 4.69) is 34.5 Å². The van der Waals surface area contributed by atoms with Crippen LogP contribution in [0.5, 0.6) is 0 Å². The third kappa shape index (κ3) is 3.68. The lowest BCUT2D eigenvalue weighted by molar-refractivity contribution is 0.102. The molecule has 0 atom stereocenters. The summed E-state index contributed by atoms with van der Waals surface area (Å²) in [5.41, 5.74) is 6.47. The molecule has 4 aromatic rings. The second-order valence-electron chi connectivity index (χ2n) is 7.46. The lowest BCUT2D eigenvalue weighted by atomic mass is 10.1. The van der Waals surface area contributed by atoms with Crippen molar-refractivity contribution in [3.8, 4) is 5.69 Å². The van der Waals surface area contributed by atoms with Gasteiger partial charge in [-0.05, 0) is 68.7 Å². The third-order valence-corrected chi connectivity index (χ3v) is 5.46. The number of pyridine rings is 1. The largest absolute Gasteiger partial charge is 0.321 e. The average molecular weight is 419 g/mol. The van der Waals surface area contributed by atoms with Gasteiger partial charge in [0.15, 0.2) is 5.65 Å². The molecule has 0 bridgehead atoms. The maximum absolute atomic E-state index is 13.2. The number of benzene rings is 2. The fourth-order valence-electron chi connectivity index (χ4n) is 3.56. The van der Waals surface area contributed by atoms with Crippen LogP contribution >= 0.6 is 11.6 Å². The first-order valence-corrected chi connectivity index (χ1v) is 10.3. The maximum atomic E-state index is 13.2. The molecular weight excluding hydrogens is 396 g/mol. The molecule has 2 aromatic carbocycles. The van der Waals surface area contributed by atoms with Crippen LogP contribution in [-0.2, 0) is 6.42 Å². The molecule has 0 aliphatic heterocycles. The van der Waals surface area contributed by atoms with Gasteiger partial charge in [0.05, 0.1) is 33.0 Å². The Hall–Kier alpha value is -3.18. The van der Waals surface area contributed by atoms with Gasteiger partial charge in [-0.2, -0.15) is 5.10 Å². The van der Waals surface area contributed by atoms with E-state index in [9.17, 15) is 4.79 Å². The van der Waals surface area contributed by atoms with Gasteiger partial charge in [-0.1, -0.05) is 36.7 Å². The molecule has 0 fully saturated rings. The molecule has 0 radical (unpaired) electrons. The van der Waals surface area contributed by atoms with E-state index in [0.29, 0.717) is 21.9 Å². The number of hydrogen-bond acceptors (Lipinski definition) is 3. The van der Waals surface area contributed by atoms with Crippen molar-refractivity contribution in [3.63, 3.8) is 0 Å². The Kier molecular flexibility index (Phi) is 5.31. The molecule has 0 saturated heterocycles. The van der Waals surface area contributed by atoms with E-state index in [0.717, 1.165) is 34.4 Å². The topological polar surface area (TPSA) is 59.8 Å². The van der Waals surface area contributed by atoms with Crippen LogP contribution in [0.2, 0.25) is 5.02 Å². The number of nitrogens with zero attached hydrogens (tertiary/aromatic N) is 3. The monoisotopic (exact) mass is 418 g/mol. The van der Waals surface area contributed by atoms with E-state index < -0.39 is 0 Å². The maximum Gasteiger partial charge on any atom is 0.256 e. The molecule has 5 nitrogen and oxygen atoms in total. The summed E-state index contributed by atoms with van der Waals surface area (Å²) >= 11 is 6.31. The average Bonchev–Trinajstić information content (AvgIpc) is 3.05. The number of fused-ring (bicyclic) bond motifs is 1. The number of carbonyl (C=O) groups excluding carboxylic acids is 1. The van der Waals surface area contributed by atoms with Crippen molar-refractivity contribution in [1.82, 2.24) is 14.8 Å². The Labute approximate surface area is 180 Å². The minimum absolute atomic E-state index is 0.236. The number of anilines is 1. The van der Waals surface area contributed by atoms with Gasteiger partial charge in [0.25, 0.3) is 5.91 Å². The molecule has 0 unspecified atom stereocenters. The van der Waals surface area contributed by atoms with E-state index in [4.69, 9.17) is 11.6 Å². The number of hydrogen-bond donors (Lipinski definition) is 1. The SMILES string of the molecule is CCc1ccc(-n2nc(C)c3c(C(=O)Nc4ccc(C)cc4Cl)cc(C)nc32)cc1. The van der Waals surface area contributed by atoms with Crippen LogP contribution in [-0.4, -0.2) is 20.7 Å². The Morgan fingerprint density at radius 2 is 1.80 bits per heavy atom. The van der Waals surface area contributed by atoms with E-state index in [-0.39, 0.29) is 5.91 Å². The van der Waals surface area contributed by atoms with Gasteiger partial charge < -0.3 is 5.32 Å². The van der Waals surface area contributed by atoms with Crippen LogP contribution < -0.4 is 5.32 Å². The summed E-state index contributed by atoms with van der Waals surface area (Å²) in [6.45, 7) is 7.85. The number of nitrogens with one attached hydrogen (secondary N) is 1. The van der Waals surface area contributed by atoms with Gasteiger partial charge in [0.1, 0.15) is 0 Å². The van der Waals surface area contributed by atoms with Gasteiger partial charge in [0.2, 0.25) is 0 Å². The molecule has 1 amide bonds. The van der Waals surface area contributed by atoms with Crippen molar-refractivity contribution in [3.05, 3.63) is 81.6 Å². The summed E-state index contributed by atoms with van der Waals surface area (Å²) in [5.74, 6) is -0.236. The van der Waals surface area contributed by atoms with Gasteiger partial charge in [-0.3, -0.25) is 4.79 Å². The molecule has 30 heavy (non-hydrogen) atoms. The number of rotatable bonds is 4. The quantitative estimate of drug-likeness (QED) is 0.454. The summed E-state index contributed by atoms with van der Waals surface area (Å²) in [7, 11) is 0. The van der Waals surface area contributed by atoms with Crippen molar-refractivity contribution < 1.29 is 4.79 Å². The van der Waals surface area contributed by atoms with Crippen molar-refractivity contribution >= 4 is 34.2 Å².